The SMILES string of the molecule is CCCCO[C@H]1CN(c2ccc(OC3CCN(c4cc(CC)ncc4Cl)CC3)cc2)[C@@H](CC(=O)O)[C@@H]1C. The summed E-state index contributed by atoms with van der Waals surface area (Å²) < 4.78 is 12.5. The molecule has 8 heteroatoms. The average molecular weight is 530 g/mol. The highest BCUT2D eigenvalue weighted by Crippen LogP contribution is 2.35. The third-order valence-corrected chi connectivity index (χ3v) is 7.98. The number of carboxylic acid groups (broad SMARTS) is 1. The molecule has 0 unspecified atom stereocenters. The minimum absolute atomic E-state index is 0.0410. The standard InChI is InChI=1S/C29H40ClN3O4/c1-4-6-15-36-28-19-33(26(20(28)3)17-29(34)35)22-7-9-23(10-8-22)37-24-11-13-32(14-12-24)27-16-21(5-2)31-18-25(27)30/h7-10,16,18,20,24,26,28H,4-6,11-15,17,19H2,1-3H3,(H,34,35)/t20-,26-,28-/m0/s1. The van der Waals surface area contributed by atoms with Crippen molar-refractivity contribution >= 4 is 28.9 Å². The first-order chi connectivity index (χ1) is 17.9. The van der Waals surface area contributed by atoms with Crippen molar-refractivity contribution in [2.75, 3.05) is 36.0 Å². The predicted octanol–water partition coefficient (Wildman–Crippen LogP) is 5.83. The van der Waals surface area contributed by atoms with Gasteiger partial charge in [-0.05, 0) is 43.2 Å². The Labute approximate surface area is 225 Å². The third-order valence-electron chi connectivity index (χ3n) is 7.69. The van der Waals surface area contributed by atoms with E-state index in [0.29, 0.717) is 11.6 Å². The maximum atomic E-state index is 11.6. The minimum atomic E-state index is -0.777. The van der Waals surface area contributed by atoms with Crippen LogP contribution in [-0.2, 0) is 16.0 Å². The Bertz CT molecular complexity index is 1030. The van der Waals surface area contributed by atoms with Crippen LogP contribution in [0.25, 0.3) is 0 Å². The molecule has 2 aliphatic rings. The molecule has 2 aliphatic heterocycles. The molecule has 4 rings (SSSR count). The van der Waals surface area contributed by atoms with Crippen LogP contribution in [0.1, 0.15) is 58.6 Å². The Morgan fingerprint density at radius 2 is 1.92 bits per heavy atom. The normalized spacial score (nSPS) is 22.4. The number of aromatic nitrogens is 1. The zero-order chi connectivity index (χ0) is 26.4. The van der Waals surface area contributed by atoms with Crippen molar-refractivity contribution in [3.63, 3.8) is 0 Å². The number of piperidine rings is 1. The van der Waals surface area contributed by atoms with Crippen LogP contribution in [0.15, 0.2) is 36.5 Å². The number of aryl methyl sites for hydroxylation is 1. The first-order valence-electron chi connectivity index (χ1n) is 13.7. The highest BCUT2D eigenvalue weighted by atomic mass is 35.5. The van der Waals surface area contributed by atoms with Gasteiger partial charge in [0.25, 0.3) is 0 Å². The Morgan fingerprint density at radius 3 is 2.57 bits per heavy atom. The first-order valence-corrected chi connectivity index (χ1v) is 14.0. The number of rotatable bonds is 11. The summed E-state index contributed by atoms with van der Waals surface area (Å²) >= 11 is 6.43. The van der Waals surface area contributed by atoms with Gasteiger partial charge in [-0.1, -0.05) is 38.8 Å². The number of hydrogen-bond donors (Lipinski definition) is 1. The number of hydrogen-bond acceptors (Lipinski definition) is 6. The maximum Gasteiger partial charge on any atom is 0.305 e. The summed E-state index contributed by atoms with van der Waals surface area (Å²) in [5.74, 6) is 0.216. The maximum absolute atomic E-state index is 11.6. The van der Waals surface area contributed by atoms with Gasteiger partial charge in [-0.3, -0.25) is 9.78 Å². The van der Waals surface area contributed by atoms with Crippen LogP contribution in [0.5, 0.6) is 5.75 Å². The van der Waals surface area contributed by atoms with Gasteiger partial charge in [0.2, 0.25) is 0 Å². The molecule has 1 aromatic carbocycles. The molecule has 0 spiro atoms. The van der Waals surface area contributed by atoms with Crippen LogP contribution >= 0.6 is 11.6 Å². The third kappa shape index (κ3) is 6.88. The molecule has 0 saturated carbocycles. The molecule has 2 saturated heterocycles. The van der Waals surface area contributed by atoms with Crippen LogP contribution in [0, 0.1) is 5.92 Å². The lowest BCUT2D eigenvalue weighted by Crippen LogP contribution is -2.38. The Balaban J connectivity index is 1.35. The van der Waals surface area contributed by atoms with E-state index in [1.807, 2.05) is 24.3 Å². The summed E-state index contributed by atoms with van der Waals surface area (Å²) in [6.07, 6.45) is 6.88. The van der Waals surface area contributed by atoms with Crippen LogP contribution in [-0.4, -0.2) is 60.6 Å². The van der Waals surface area contributed by atoms with Crippen molar-refractivity contribution in [1.82, 2.24) is 4.98 Å². The first kappa shape index (κ1) is 27.5. The predicted molar refractivity (Wildman–Crippen MR) is 148 cm³/mol. The van der Waals surface area contributed by atoms with E-state index < -0.39 is 5.97 Å². The van der Waals surface area contributed by atoms with E-state index in [2.05, 4.69) is 41.6 Å². The van der Waals surface area contributed by atoms with Crippen molar-refractivity contribution in [2.24, 2.45) is 5.92 Å². The number of carbonyl (C=O) groups is 1. The van der Waals surface area contributed by atoms with Gasteiger partial charge in [0, 0.05) is 68.6 Å². The second-order valence-corrected chi connectivity index (χ2v) is 10.6. The number of nitrogens with zero attached hydrogens (tertiary/aromatic N) is 3. The van der Waals surface area contributed by atoms with E-state index in [1.54, 1.807) is 6.20 Å². The van der Waals surface area contributed by atoms with Crippen molar-refractivity contribution in [1.29, 1.82) is 0 Å². The van der Waals surface area contributed by atoms with Gasteiger partial charge in [0.05, 0.1) is 23.2 Å². The molecule has 2 aromatic rings. The molecule has 1 N–H and O–H groups in total. The lowest BCUT2D eigenvalue weighted by molar-refractivity contribution is -0.137. The van der Waals surface area contributed by atoms with Gasteiger partial charge < -0.3 is 24.4 Å². The quantitative estimate of drug-likeness (QED) is 0.367. The number of unbranched alkanes of at least 4 members (excludes halogenated alkanes) is 1. The van der Waals surface area contributed by atoms with Gasteiger partial charge in [-0.2, -0.15) is 0 Å². The molecule has 0 bridgehead atoms. The van der Waals surface area contributed by atoms with E-state index in [9.17, 15) is 9.90 Å². The van der Waals surface area contributed by atoms with Crippen LogP contribution in [0.4, 0.5) is 11.4 Å². The zero-order valence-electron chi connectivity index (χ0n) is 22.2. The average Bonchev–Trinajstić information content (AvgIpc) is 3.20. The number of aliphatic carboxylic acids is 1. The fraction of sp³-hybridized carbons (Fsp3) is 0.586. The van der Waals surface area contributed by atoms with Crippen molar-refractivity contribution in [3.05, 3.63) is 47.2 Å². The van der Waals surface area contributed by atoms with Gasteiger partial charge >= 0.3 is 5.97 Å². The second kappa shape index (κ2) is 12.8. The molecule has 0 aliphatic carbocycles. The zero-order valence-corrected chi connectivity index (χ0v) is 23.0. The summed E-state index contributed by atoms with van der Waals surface area (Å²) in [6, 6.07) is 10.1. The molecule has 7 nitrogen and oxygen atoms in total. The number of halogens is 1. The summed E-state index contributed by atoms with van der Waals surface area (Å²) in [4.78, 5) is 20.5. The lowest BCUT2D eigenvalue weighted by atomic mass is 9.97. The van der Waals surface area contributed by atoms with E-state index in [4.69, 9.17) is 21.1 Å². The van der Waals surface area contributed by atoms with Crippen molar-refractivity contribution in [3.8, 4) is 5.75 Å². The second-order valence-electron chi connectivity index (χ2n) is 10.2. The molecule has 202 valence electrons. The number of carboxylic acids is 1. The van der Waals surface area contributed by atoms with E-state index in [-0.39, 0.29) is 30.6 Å². The van der Waals surface area contributed by atoms with E-state index in [1.165, 1.54) is 0 Å². The number of ether oxygens (including phenoxy) is 2. The van der Waals surface area contributed by atoms with Crippen molar-refractivity contribution < 1.29 is 19.4 Å². The number of benzene rings is 1. The molecule has 3 atom stereocenters. The molecule has 1 aromatic heterocycles. The smallest absolute Gasteiger partial charge is 0.305 e. The summed E-state index contributed by atoms with van der Waals surface area (Å²) in [5.41, 5.74) is 3.12. The summed E-state index contributed by atoms with van der Waals surface area (Å²) in [6.45, 7) is 9.55. The van der Waals surface area contributed by atoms with Crippen molar-refractivity contribution in [2.45, 2.75) is 77.5 Å². The highest BCUT2D eigenvalue weighted by molar-refractivity contribution is 6.33. The Hall–Kier alpha value is -2.51. The van der Waals surface area contributed by atoms with Gasteiger partial charge in [0.1, 0.15) is 11.9 Å². The van der Waals surface area contributed by atoms with Gasteiger partial charge in [0.15, 0.2) is 0 Å². The monoisotopic (exact) mass is 529 g/mol. The summed E-state index contributed by atoms with van der Waals surface area (Å²) in [7, 11) is 0. The van der Waals surface area contributed by atoms with Crippen LogP contribution in [0.2, 0.25) is 5.02 Å². The van der Waals surface area contributed by atoms with Gasteiger partial charge in [-0.15, -0.1) is 0 Å². The molecular weight excluding hydrogens is 490 g/mol. The largest absolute Gasteiger partial charge is 0.490 e. The highest BCUT2D eigenvalue weighted by Gasteiger charge is 2.40. The van der Waals surface area contributed by atoms with Crippen LogP contribution in [0.3, 0.4) is 0 Å². The van der Waals surface area contributed by atoms with E-state index in [0.717, 1.165) is 74.6 Å². The molecule has 0 radical (unpaired) electrons. The fourth-order valence-corrected chi connectivity index (χ4v) is 5.63. The Morgan fingerprint density at radius 1 is 1.19 bits per heavy atom. The molecular formula is C29H40ClN3O4. The topological polar surface area (TPSA) is 75.1 Å². The number of anilines is 2. The Kier molecular flexibility index (Phi) is 9.54. The lowest BCUT2D eigenvalue weighted by Gasteiger charge is -2.34. The fourth-order valence-electron chi connectivity index (χ4n) is 5.41. The molecule has 2 fully saturated rings. The van der Waals surface area contributed by atoms with E-state index >= 15 is 0 Å². The molecule has 0 amide bonds. The number of pyridine rings is 1. The molecule has 37 heavy (non-hydrogen) atoms. The molecule has 3 heterocycles. The van der Waals surface area contributed by atoms with Crippen LogP contribution < -0.4 is 14.5 Å². The minimum Gasteiger partial charge on any atom is -0.490 e. The van der Waals surface area contributed by atoms with Gasteiger partial charge in [-0.25, -0.2) is 0 Å². The summed E-state index contributed by atoms with van der Waals surface area (Å²) in [5, 5.41) is 10.2.